The molecule has 2 atom stereocenters. The van der Waals surface area contributed by atoms with Gasteiger partial charge < -0.3 is 5.73 Å². The molecule has 2 aliphatic rings. The van der Waals surface area contributed by atoms with E-state index in [4.69, 9.17) is 17.3 Å². The molecule has 2 N–H and O–H groups in total. The third-order valence-corrected chi connectivity index (χ3v) is 5.50. The third-order valence-electron chi connectivity index (χ3n) is 5.10. The Morgan fingerprint density at radius 1 is 1.29 bits per heavy atom. The van der Waals surface area contributed by atoms with E-state index in [1.54, 1.807) is 0 Å². The van der Waals surface area contributed by atoms with Crippen molar-refractivity contribution in [3.05, 3.63) is 34.3 Å². The fraction of sp³-hybridized carbons (Fsp3) is 0.647. The Bertz CT molecular complexity index is 485. The van der Waals surface area contributed by atoms with E-state index < -0.39 is 0 Å². The van der Waals surface area contributed by atoms with Crippen molar-refractivity contribution in [3.63, 3.8) is 0 Å². The topological polar surface area (TPSA) is 32.5 Å². The maximum Gasteiger partial charge on any atom is 0.0471 e. The molecule has 0 aliphatic carbocycles. The molecule has 2 heterocycles. The molecule has 0 radical (unpaired) electrons. The van der Waals surface area contributed by atoms with Crippen LogP contribution in [0.15, 0.2) is 18.2 Å². The lowest BCUT2D eigenvalue weighted by Gasteiger charge is -2.29. The number of benzene rings is 1. The van der Waals surface area contributed by atoms with Gasteiger partial charge >= 0.3 is 0 Å². The van der Waals surface area contributed by atoms with Gasteiger partial charge in [-0.15, -0.1) is 0 Å². The zero-order chi connectivity index (χ0) is 14.8. The number of hydrogen-bond donors (Lipinski definition) is 1. The van der Waals surface area contributed by atoms with Gasteiger partial charge in [0.05, 0.1) is 0 Å². The van der Waals surface area contributed by atoms with Crippen LogP contribution in [0.25, 0.3) is 0 Å². The molecule has 0 aromatic heterocycles. The van der Waals surface area contributed by atoms with Crippen molar-refractivity contribution in [2.45, 2.75) is 38.3 Å². The molecular formula is C17H26ClN3. The lowest BCUT2D eigenvalue weighted by molar-refractivity contribution is 0.203. The summed E-state index contributed by atoms with van der Waals surface area (Å²) in [7, 11) is 0. The molecule has 4 heteroatoms. The molecular weight excluding hydrogens is 282 g/mol. The summed E-state index contributed by atoms with van der Waals surface area (Å²) in [5, 5.41) is 0.848. The molecule has 3 rings (SSSR count). The van der Waals surface area contributed by atoms with Gasteiger partial charge in [-0.1, -0.05) is 23.7 Å². The Morgan fingerprint density at radius 3 is 2.71 bits per heavy atom. The first-order valence-electron chi connectivity index (χ1n) is 8.13. The minimum Gasteiger partial charge on any atom is -0.329 e. The zero-order valence-electron chi connectivity index (χ0n) is 12.9. The average Bonchev–Trinajstić information content (AvgIpc) is 3.14. The first kappa shape index (κ1) is 15.3. The second-order valence-corrected chi connectivity index (χ2v) is 6.85. The maximum absolute atomic E-state index is 6.29. The van der Waals surface area contributed by atoms with Crippen LogP contribution in [0.1, 0.15) is 36.4 Å². The Balaban J connectivity index is 1.70. The molecule has 2 fully saturated rings. The van der Waals surface area contributed by atoms with Crippen LogP contribution in [0.3, 0.4) is 0 Å². The Hall–Kier alpha value is -0.610. The molecule has 1 aromatic rings. The van der Waals surface area contributed by atoms with E-state index in [1.807, 2.05) is 6.92 Å². The van der Waals surface area contributed by atoms with Crippen LogP contribution in [0.2, 0.25) is 5.02 Å². The number of aryl methyl sites for hydroxylation is 1. The number of halogens is 1. The van der Waals surface area contributed by atoms with Crippen LogP contribution in [0, 0.1) is 6.92 Å². The lowest BCUT2D eigenvalue weighted by Crippen LogP contribution is -2.38. The van der Waals surface area contributed by atoms with Gasteiger partial charge in [0.15, 0.2) is 0 Å². The van der Waals surface area contributed by atoms with Crippen molar-refractivity contribution >= 4 is 11.6 Å². The molecule has 3 nitrogen and oxygen atoms in total. The SMILES string of the molecule is Cc1ccc(C(CN)N2CCC(N3CCCC3)C2)cc1Cl. The highest BCUT2D eigenvalue weighted by Crippen LogP contribution is 2.30. The summed E-state index contributed by atoms with van der Waals surface area (Å²) < 4.78 is 0. The maximum atomic E-state index is 6.29. The quantitative estimate of drug-likeness (QED) is 0.928. The number of nitrogens with zero attached hydrogens (tertiary/aromatic N) is 2. The summed E-state index contributed by atoms with van der Waals surface area (Å²) in [6.45, 7) is 7.56. The Morgan fingerprint density at radius 2 is 2.05 bits per heavy atom. The lowest BCUT2D eigenvalue weighted by atomic mass is 10.0. The fourth-order valence-electron chi connectivity index (χ4n) is 3.77. The Labute approximate surface area is 133 Å². The number of hydrogen-bond acceptors (Lipinski definition) is 3. The van der Waals surface area contributed by atoms with Crippen molar-refractivity contribution in [2.24, 2.45) is 5.73 Å². The summed E-state index contributed by atoms with van der Waals surface area (Å²) in [4.78, 5) is 5.21. The molecule has 0 spiro atoms. The van der Waals surface area contributed by atoms with Gasteiger partial charge in [0, 0.05) is 36.7 Å². The van der Waals surface area contributed by atoms with Crippen molar-refractivity contribution in [1.82, 2.24) is 9.80 Å². The van der Waals surface area contributed by atoms with Gasteiger partial charge in [-0.25, -0.2) is 0 Å². The minimum absolute atomic E-state index is 0.302. The molecule has 2 saturated heterocycles. The second kappa shape index (κ2) is 6.66. The van der Waals surface area contributed by atoms with Crippen LogP contribution in [0.5, 0.6) is 0 Å². The average molecular weight is 308 g/mol. The molecule has 2 aliphatic heterocycles. The highest BCUT2D eigenvalue weighted by Gasteiger charge is 2.32. The molecule has 0 bridgehead atoms. The highest BCUT2D eigenvalue weighted by molar-refractivity contribution is 6.31. The van der Waals surface area contributed by atoms with Gasteiger partial charge in [-0.3, -0.25) is 9.80 Å². The van der Waals surface area contributed by atoms with Crippen LogP contribution in [-0.2, 0) is 0 Å². The molecule has 21 heavy (non-hydrogen) atoms. The molecule has 1 aromatic carbocycles. The minimum atomic E-state index is 0.302. The summed E-state index contributed by atoms with van der Waals surface area (Å²) in [5.74, 6) is 0. The first-order valence-corrected chi connectivity index (χ1v) is 8.51. The standard InChI is InChI=1S/C17H26ClN3/c1-13-4-5-14(10-16(13)18)17(11-19)21-9-6-15(12-21)20-7-2-3-8-20/h4-5,10,15,17H,2-3,6-9,11-12,19H2,1H3. The van der Waals surface area contributed by atoms with E-state index in [9.17, 15) is 0 Å². The number of likely N-dealkylation sites (tertiary alicyclic amines) is 2. The fourth-order valence-corrected chi connectivity index (χ4v) is 3.96. The predicted molar refractivity (Wildman–Crippen MR) is 88.8 cm³/mol. The van der Waals surface area contributed by atoms with Crippen LogP contribution >= 0.6 is 11.6 Å². The van der Waals surface area contributed by atoms with Crippen molar-refractivity contribution in [2.75, 3.05) is 32.7 Å². The van der Waals surface area contributed by atoms with E-state index in [0.29, 0.717) is 12.6 Å². The Kier molecular flexibility index (Phi) is 4.85. The van der Waals surface area contributed by atoms with Crippen LogP contribution in [0.4, 0.5) is 0 Å². The monoisotopic (exact) mass is 307 g/mol. The third kappa shape index (κ3) is 3.26. The summed E-state index contributed by atoms with van der Waals surface area (Å²) in [6, 6.07) is 7.41. The first-order chi connectivity index (χ1) is 10.2. The van der Waals surface area contributed by atoms with E-state index in [-0.39, 0.29) is 0 Å². The van der Waals surface area contributed by atoms with Gasteiger partial charge in [-0.05, 0) is 56.5 Å². The van der Waals surface area contributed by atoms with Gasteiger partial charge in [0.2, 0.25) is 0 Å². The van der Waals surface area contributed by atoms with Crippen molar-refractivity contribution < 1.29 is 0 Å². The highest BCUT2D eigenvalue weighted by atomic mass is 35.5. The van der Waals surface area contributed by atoms with Crippen LogP contribution < -0.4 is 5.73 Å². The van der Waals surface area contributed by atoms with Gasteiger partial charge in [-0.2, -0.15) is 0 Å². The van der Waals surface area contributed by atoms with E-state index in [0.717, 1.165) is 29.7 Å². The predicted octanol–water partition coefficient (Wildman–Crippen LogP) is 2.82. The van der Waals surface area contributed by atoms with E-state index in [1.165, 1.54) is 37.9 Å². The normalized spacial score (nSPS) is 25.6. The zero-order valence-corrected chi connectivity index (χ0v) is 13.6. The summed E-state index contributed by atoms with van der Waals surface area (Å²) in [6.07, 6.45) is 4.00. The summed E-state index contributed by atoms with van der Waals surface area (Å²) >= 11 is 6.29. The van der Waals surface area contributed by atoms with E-state index in [2.05, 4.69) is 28.0 Å². The second-order valence-electron chi connectivity index (χ2n) is 6.44. The smallest absolute Gasteiger partial charge is 0.0471 e. The molecule has 2 unspecified atom stereocenters. The largest absolute Gasteiger partial charge is 0.329 e. The molecule has 0 saturated carbocycles. The summed E-state index contributed by atoms with van der Waals surface area (Å²) in [5.41, 5.74) is 8.46. The van der Waals surface area contributed by atoms with Crippen LogP contribution in [-0.4, -0.2) is 48.6 Å². The number of nitrogens with two attached hydrogens (primary N) is 1. The van der Waals surface area contributed by atoms with Gasteiger partial charge in [0.25, 0.3) is 0 Å². The van der Waals surface area contributed by atoms with E-state index >= 15 is 0 Å². The van der Waals surface area contributed by atoms with Crippen molar-refractivity contribution in [1.29, 1.82) is 0 Å². The molecule has 116 valence electrons. The number of rotatable bonds is 4. The van der Waals surface area contributed by atoms with Crippen molar-refractivity contribution in [3.8, 4) is 0 Å². The van der Waals surface area contributed by atoms with Gasteiger partial charge in [0.1, 0.15) is 0 Å². The molecule has 0 amide bonds.